The fraction of sp³-hybridized carbons (Fsp3) is 0.882. The predicted molar refractivity (Wildman–Crippen MR) is 111 cm³/mol. The highest BCUT2D eigenvalue weighted by molar-refractivity contribution is 14.0. The van der Waals surface area contributed by atoms with Crippen LogP contribution in [0.1, 0.15) is 39.0 Å². The van der Waals surface area contributed by atoms with Crippen molar-refractivity contribution in [1.29, 1.82) is 0 Å². The second kappa shape index (κ2) is 15.6. The number of primary amides is 1. The predicted octanol–water partition coefficient (Wildman–Crippen LogP) is 1.60. The van der Waals surface area contributed by atoms with Gasteiger partial charge in [0.15, 0.2) is 5.96 Å². The normalized spacial score (nSPS) is 17.9. The van der Waals surface area contributed by atoms with Crippen LogP contribution in [0, 0.1) is 5.92 Å². The van der Waals surface area contributed by atoms with Gasteiger partial charge in [0, 0.05) is 39.7 Å². The minimum absolute atomic E-state index is 0. The maximum atomic E-state index is 11.1. The number of hydrogen-bond donors (Lipinski definition) is 2. The molecular weight excluding hydrogens is 435 g/mol. The highest BCUT2D eigenvalue weighted by Crippen LogP contribution is 2.19. The van der Waals surface area contributed by atoms with Crippen molar-refractivity contribution < 1.29 is 14.3 Å². The zero-order valence-electron chi connectivity index (χ0n) is 15.7. The number of carbonyl (C=O) groups is 1. The molecule has 0 aromatic heterocycles. The van der Waals surface area contributed by atoms with Crippen LogP contribution in [0.25, 0.3) is 0 Å². The van der Waals surface area contributed by atoms with Crippen LogP contribution in [-0.2, 0) is 14.3 Å². The Morgan fingerprint density at radius 3 is 2.64 bits per heavy atom. The maximum Gasteiger partial charge on any atom is 0.217 e. The second-order valence-electron chi connectivity index (χ2n) is 6.18. The number of rotatable bonds is 11. The van der Waals surface area contributed by atoms with E-state index in [0.717, 1.165) is 51.3 Å². The van der Waals surface area contributed by atoms with Gasteiger partial charge in [0.1, 0.15) is 0 Å². The lowest BCUT2D eigenvalue weighted by atomic mass is 9.95. The Hall–Kier alpha value is -0.610. The van der Waals surface area contributed by atoms with Gasteiger partial charge in [-0.15, -0.1) is 24.0 Å². The summed E-state index contributed by atoms with van der Waals surface area (Å²) in [6.45, 7) is 7.34. The number of piperidine rings is 1. The Balaban J connectivity index is 0.00000576. The minimum atomic E-state index is -0.223. The van der Waals surface area contributed by atoms with E-state index in [4.69, 9.17) is 15.2 Å². The van der Waals surface area contributed by atoms with Gasteiger partial charge in [-0.3, -0.25) is 9.79 Å². The summed E-state index contributed by atoms with van der Waals surface area (Å²) in [5, 5.41) is 3.32. The largest absolute Gasteiger partial charge is 0.379 e. The highest BCUT2D eigenvalue weighted by Gasteiger charge is 2.23. The van der Waals surface area contributed by atoms with Crippen molar-refractivity contribution in [2.75, 3.05) is 53.1 Å². The molecule has 3 N–H and O–H groups in total. The summed E-state index contributed by atoms with van der Waals surface area (Å²) in [6.07, 6.45) is 4.82. The molecule has 0 spiro atoms. The van der Waals surface area contributed by atoms with Crippen LogP contribution >= 0.6 is 24.0 Å². The van der Waals surface area contributed by atoms with Crippen molar-refractivity contribution in [2.45, 2.75) is 39.0 Å². The molecule has 1 fully saturated rings. The molecule has 1 heterocycles. The SMILES string of the molecule is CCCCOCCOCCNC(=NC)N1CCCC(CC(N)=O)C1.I. The first kappa shape index (κ1) is 24.4. The molecule has 148 valence electrons. The van der Waals surface area contributed by atoms with Gasteiger partial charge in [0.25, 0.3) is 0 Å². The van der Waals surface area contributed by atoms with Gasteiger partial charge in [0.2, 0.25) is 5.91 Å². The van der Waals surface area contributed by atoms with Gasteiger partial charge in [-0.2, -0.15) is 0 Å². The fourth-order valence-corrected chi connectivity index (χ4v) is 2.84. The number of halogens is 1. The molecule has 0 aliphatic carbocycles. The number of carbonyl (C=O) groups excluding carboxylic acids is 1. The molecule has 25 heavy (non-hydrogen) atoms. The molecule has 1 aliphatic heterocycles. The van der Waals surface area contributed by atoms with E-state index in [9.17, 15) is 4.79 Å². The number of guanidine groups is 1. The quantitative estimate of drug-likeness (QED) is 0.207. The molecule has 1 unspecified atom stereocenters. The molecular formula is C17H35IN4O3. The van der Waals surface area contributed by atoms with Crippen molar-refractivity contribution in [2.24, 2.45) is 16.6 Å². The molecule has 0 saturated carbocycles. The molecule has 1 rings (SSSR count). The first-order valence-corrected chi connectivity index (χ1v) is 9.06. The number of amides is 1. The van der Waals surface area contributed by atoms with Crippen molar-refractivity contribution in [3.8, 4) is 0 Å². The second-order valence-corrected chi connectivity index (χ2v) is 6.18. The summed E-state index contributed by atoms with van der Waals surface area (Å²) in [5.74, 6) is 0.970. The number of nitrogens with zero attached hydrogens (tertiary/aromatic N) is 2. The van der Waals surface area contributed by atoms with Gasteiger partial charge in [-0.25, -0.2) is 0 Å². The van der Waals surface area contributed by atoms with Gasteiger partial charge >= 0.3 is 0 Å². The first-order chi connectivity index (χ1) is 11.7. The number of likely N-dealkylation sites (tertiary alicyclic amines) is 1. The lowest BCUT2D eigenvalue weighted by molar-refractivity contribution is -0.119. The number of unbranched alkanes of at least 4 members (excludes halogenated alkanes) is 1. The molecule has 0 aromatic carbocycles. The van der Waals surface area contributed by atoms with Crippen molar-refractivity contribution in [1.82, 2.24) is 10.2 Å². The first-order valence-electron chi connectivity index (χ1n) is 9.06. The maximum absolute atomic E-state index is 11.1. The molecule has 7 nitrogen and oxygen atoms in total. The van der Waals surface area contributed by atoms with E-state index in [1.807, 2.05) is 0 Å². The van der Waals surface area contributed by atoms with E-state index < -0.39 is 0 Å². The van der Waals surface area contributed by atoms with E-state index in [2.05, 4.69) is 22.1 Å². The smallest absolute Gasteiger partial charge is 0.217 e. The lowest BCUT2D eigenvalue weighted by Gasteiger charge is -2.34. The zero-order chi connectivity index (χ0) is 17.6. The number of nitrogens with one attached hydrogen (secondary N) is 1. The third-order valence-corrected chi connectivity index (χ3v) is 4.06. The number of aliphatic imine (C=N–C) groups is 1. The van der Waals surface area contributed by atoms with Gasteiger partial charge < -0.3 is 25.4 Å². The van der Waals surface area contributed by atoms with E-state index in [1.54, 1.807) is 7.05 Å². The summed E-state index contributed by atoms with van der Waals surface area (Å²) >= 11 is 0. The number of hydrogen-bond acceptors (Lipinski definition) is 4. The molecule has 0 aromatic rings. The Morgan fingerprint density at radius 1 is 1.28 bits per heavy atom. The molecule has 0 radical (unpaired) electrons. The Labute approximate surface area is 169 Å². The van der Waals surface area contributed by atoms with Crippen molar-refractivity contribution in [3.63, 3.8) is 0 Å². The molecule has 1 saturated heterocycles. The average Bonchev–Trinajstić information content (AvgIpc) is 2.56. The summed E-state index contributed by atoms with van der Waals surface area (Å²) in [6, 6.07) is 0. The number of nitrogens with two attached hydrogens (primary N) is 1. The van der Waals surface area contributed by atoms with Gasteiger partial charge in [-0.05, 0) is 25.2 Å². The molecule has 1 atom stereocenters. The molecule has 8 heteroatoms. The summed E-state index contributed by atoms with van der Waals surface area (Å²) in [5.41, 5.74) is 5.31. The highest BCUT2D eigenvalue weighted by atomic mass is 127. The van der Waals surface area contributed by atoms with Crippen LogP contribution in [0.15, 0.2) is 4.99 Å². The lowest BCUT2D eigenvalue weighted by Crippen LogP contribution is -2.47. The monoisotopic (exact) mass is 470 g/mol. The van der Waals surface area contributed by atoms with E-state index in [1.165, 1.54) is 0 Å². The van der Waals surface area contributed by atoms with E-state index in [-0.39, 0.29) is 29.9 Å². The average molecular weight is 470 g/mol. The van der Waals surface area contributed by atoms with Crippen LogP contribution in [0.5, 0.6) is 0 Å². The fourth-order valence-electron chi connectivity index (χ4n) is 2.84. The molecule has 1 amide bonds. The van der Waals surface area contributed by atoms with Crippen LogP contribution < -0.4 is 11.1 Å². The van der Waals surface area contributed by atoms with Crippen molar-refractivity contribution >= 4 is 35.8 Å². The zero-order valence-corrected chi connectivity index (χ0v) is 18.0. The molecule has 1 aliphatic rings. The van der Waals surface area contributed by atoms with Gasteiger partial charge in [-0.1, -0.05) is 13.3 Å². The van der Waals surface area contributed by atoms with Crippen LogP contribution in [0.2, 0.25) is 0 Å². The standard InChI is InChI=1S/C17H34N4O3.HI/c1-3-4-9-23-11-12-24-10-7-20-17(19-2)21-8-5-6-15(14-21)13-16(18)22;/h15H,3-14H2,1-2H3,(H2,18,22)(H,19,20);1H. The third kappa shape index (κ3) is 11.6. The van der Waals surface area contributed by atoms with Crippen LogP contribution in [-0.4, -0.2) is 69.9 Å². The summed E-state index contributed by atoms with van der Waals surface area (Å²) < 4.78 is 11.0. The van der Waals surface area contributed by atoms with Crippen LogP contribution in [0.3, 0.4) is 0 Å². The Kier molecular flexibility index (Phi) is 15.2. The van der Waals surface area contributed by atoms with Gasteiger partial charge in [0.05, 0.1) is 19.8 Å². The topological polar surface area (TPSA) is 89.2 Å². The number of ether oxygens (including phenoxy) is 2. The van der Waals surface area contributed by atoms with Crippen LogP contribution in [0.4, 0.5) is 0 Å². The minimum Gasteiger partial charge on any atom is -0.379 e. The van der Waals surface area contributed by atoms with Crippen molar-refractivity contribution in [3.05, 3.63) is 0 Å². The summed E-state index contributed by atoms with van der Waals surface area (Å²) in [4.78, 5) is 17.6. The molecule has 0 bridgehead atoms. The Morgan fingerprint density at radius 2 is 2.00 bits per heavy atom. The van der Waals surface area contributed by atoms with E-state index in [0.29, 0.717) is 38.7 Å². The Bertz CT molecular complexity index is 383. The third-order valence-electron chi connectivity index (χ3n) is 4.06. The summed E-state index contributed by atoms with van der Waals surface area (Å²) in [7, 11) is 1.78. The van der Waals surface area contributed by atoms with E-state index >= 15 is 0 Å².